The van der Waals surface area contributed by atoms with Crippen LogP contribution in [0.25, 0.3) is 0 Å². The van der Waals surface area contributed by atoms with Crippen molar-refractivity contribution in [1.29, 1.82) is 0 Å². The Kier molecular flexibility index (Phi) is 4.97. The monoisotopic (exact) mass is 408 g/mol. The van der Waals surface area contributed by atoms with E-state index in [1.165, 1.54) is 49.7 Å². The van der Waals surface area contributed by atoms with Crippen LogP contribution >= 0.6 is 0 Å². The summed E-state index contributed by atoms with van der Waals surface area (Å²) in [5.74, 6) is 4.54. The molecule has 5 rings (SSSR count). The van der Waals surface area contributed by atoms with Gasteiger partial charge in [-0.25, -0.2) is 0 Å². The topological polar surface area (TPSA) is 37.3 Å². The highest BCUT2D eigenvalue weighted by molar-refractivity contribution is 5.98. The second-order valence-electron chi connectivity index (χ2n) is 12.0. The largest absolute Gasteiger partial charge is 0.390 e. The predicted molar refractivity (Wildman–Crippen MR) is 121 cm³/mol. The average Bonchev–Trinajstić information content (AvgIpc) is 3.05. The fraction of sp³-hybridized carbons (Fsp3) is 0.750. The molecule has 0 spiro atoms. The Morgan fingerprint density at radius 3 is 2.43 bits per heavy atom. The van der Waals surface area contributed by atoms with Crippen molar-refractivity contribution in [2.24, 2.45) is 40.9 Å². The van der Waals surface area contributed by atoms with Gasteiger partial charge in [-0.1, -0.05) is 19.1 Å². The molecule has 0 aliphatic heterocycles. The molecule has 0 aromatic heterocycles. The van der Waals surface area contributed by atoms with E-state index in [1.807, 2.05) is 6.92 Å². The first-order valence-electron chi connectivity index (χ1n) is 12.5. The van der Waals surface area contributed by atoms with Crippen LogP contribution in [-0.2, 0) is 0 Å². The molecule has 0 saturated heterocycles. The molecule has 4 aliphatic rings. The quantitative estimate of drug-likeness (QED) is 0.567. The zero-order valence-electron chi connectivity index (χ0n) is 19.4. The Balaban J connectivity index is 1.36. The van der Waals surface area contributed by atoms with Crippen molar-refractivity contribution < 1.29 is 9.90 Å². The molecule has 0 heterocycles. The Morgan fingerprint density at radius 2 is 1.67 bits per heavy atom. The molecule has 4 fully saturated rings. The summed E-state index contributed by atoms with van der Waals surface area (Å²) >= 11 is 0. The molecule has 8 atom stereocenters. The summed E-state index contributed by atoms with van der Waals surface area (Å²) in [5, 5.41) is 10.6. The van der Waals surface area contributed by atoms with Crippen LogP contribution in [0, 0.1) is 54.8 Å². The van der Waals surface area contributed by atoms with Crippen LogP contribution in [0.1, 0.15) is 93.1 Å². The molecule has 0 bridgehead atoms. The molecule has 4 aliphatic carbocycles. The van der Waals surface area contributed by atoms with Crippen LogP contribution in [0.5, 0.6) is 0 Å². The van der Waals surface area contributed by atoms with Crippen LogP contribution < -0.4 is 0 Å². The van der Waals surface area contributed by atoms with Crippen molar-refractivity contribution in [2.45, 2.75) is 91.1 Å². The highest BCUT2D eigenvalue weighted by Crippen LogP contribution is 2.65. The van der Waals surface area contributed by atoms with Crippen molar-refractivity contribution in [3.05, 3.63) is 34.9 Å². The van der Waals surface area contributed by atoms with Gasteiger partial charge in [-0.2, -0.15) is 0 Å². The van der Waals surface area contributed by atoms with Gasteiger partial charge in [0.1, 0.15) is 0 Å². The summed E-state index contributed by atoms with van der Waals surface area (Å²) in [6, 6.07) is 6.30. The lowest BCUT2D eigenvalue weighted by Crippen LogP contribution is -2.51. The van der Waals surface area contributed by atoms with E-state index in [0.29, 0.717) is 5.78 Å². The second kappa shape index (κ2) is 7.19. The minimum absolute atomic E-state index is 0.185. The summed E-state index contributed by atoms with van der Waals surface area (Å²) in [4.78, 5) is 13.6. The Labute approximate surface area is 182 Å². The fourth-order valence-corrected chi connectivity index (χ4v) is 8.61. The van der Waals surface area contributed by atoms with Crippen molar-refractivity contribution in [1.82, 2.24) is 0 Å². The maximum absolute atomic E-state index is 13.6. The van der Waals surface area contributed by atoms with Gasteiger partial charge in [0, 0.05) is 11.5 Å². The number of aryl methyl sites for hydroxylation is 2. The highest BCUT2D eigenvalue weighted by atomic mass is 16.3. The third-order valence-electron chi connectivity index (χ3n) is 10.3. The second-order valence-corrected chi connectivity index (χ2v) is 12.0. The molecule has 1 N–H and O–H groups in total. The maximum atomic E-state index is 13.6. The van der Waals surface area contributed by atoms with Crippen LogP contribution in [-0.4, -0.2) is 16.5 Å². The summed E-state index contributed by atoms with van der Waals surface area (Å²) < 4.78 is 0. The zero-order chi connectivity index (χ0) is 21.3. The van der Waals surface area contributed by atoms with Gasteiger partial charge in [-0.15, -0.1) is 0 Å². The number of carbonyl (C=O) groups excluding carboxylic acids is 1. The highest BCUT2D eigenvalue weighted by Gasteiger charge is 2.58. The first-order chi connectivity index (χ1) is 14.2. The number of hydrogen-bond donors (Lipinski definition) is 1. The standard InChI is InChI=1S/C28H40O2/c1-17-5-6-19(15-18(17)2)26(29)25-10-9-24-23-8-7-20-16-27(3,30)13-11-21(20)22(23)12-14-28(24,25)4/h5-6,15,20-25,30H,7-14,16H2,1-4H3/t20-,21-,22+,23+,24-,25+,27+,28-/m0/s1. The number of ketones is 1. The van der Waals surface area contributed by atoms with Gasteiger partial charge in [-0.05, 0) is 131 Å². The average molecular weight is 409 g/mol. The summed E-state index contributed by atoms with van der Waals surface area (Å²) in [5.41, 5.74) is 3.19. The van der Waals surface area contributed by atoms with Crippen molar-refractivity contribution >= 4 is 5.78 Å². The lowest BCUT2D eigenvalue weighted by Gasteiger charge is -2.56. The van der Waals surface area contributed by atoms with Gasteiger partial charge in [0.05, 0.1) is 5.60 Å². The molecular formula is C28H40O2. The lowest BCUT2D eigenvalue weighted by atomic mass is 9.49. The van der Waals surface area contributed by atoms with Crippen molar-refractivity contribution in [3.63, 3.8) is 0 Å². The van der Waals surface area contributed by atoms with Gasteiger partial charge in [0.2, 0.25) is 0 Å². The molecule has 164 valence electrons. The molecule has 1 aromatic rings. The Hall–Kier alpha value is -1.15. The maximum Gasteiger partial charge on any atom is 0.166 e. The van der Waals surface area contributed by atoms with E-state index in [2.05, 4.69) is 39.0 Å². The van der Waals surface area contributed by atoms with Gasteiger partial charge in [0.25, 0.3) is 0 Å². The third kappa shape index (κ3) is 3.20. The number of rotatable bonds is 2. The van der Waals surface area contributed by atoms with E-state index in [4.69, 9.17) is 0 Å². The molecule has 0 radical (unpaired) electrons. The molecule has 0 amide bonds. The van der Waals surface area contributed by atoms with Crippen LogP contribution in [0.2, 0.25) is 0 Å². The predicted octanol–water partition coefficient (Wildman–Crippen LogP) is 6.51. The smallest absolute Gasteiger partial charge is 0.166 e. The van der Waals surface area contributed by atoms with E-state index < -0.39 is 5.60 Å². The fourth-order valence-electron chi connectivity index (χ4n) is 8.61. The van der Waals surface area contributed by atoms with E-state index in [-0.39, 0.29) is 11.3 Å². The molecule has 2 heteroatoms. The van der Waals surface area contributed by atoms with E-state index in [9.17, 15) is 9.90 Å². The SMILES string of the molecule is Cc1ccc(C(=O)[C@H]2CC[C@H]3[C@@H]4CC[C@H]5C[C@](C)(O)CC[C@@H]5[C@H]4CC[C@]23C)cc1C. The Morgan fingerprint density at radius 1 is 0.900 bits per heavy atom. The number of aliphatic hydroxyl groups is 1. The molecule has 2 nitrogen and oxygen atoms in total. The number of fused-ring (bicyclic) bond motifs is 5. The first-order valence-corrected chi connectivity index (χ1v) is 12.5. The number of benzene rings is 1. The first kappa shape index (κ1) is 20.7. The van der Waals surface area contributed by atoms with Crippen LogP contribution in [0.15, 0.2) is 18.2 Å². The van der Waals surface area contributed by atoms with E-state index in [0.717, 1.165) is 54.4 Å². The summed E-state index contributed by atoms with van der Waals surface area (Å²) in [6.07, 6.45) is 10.7. The number of Topliss-reactive ketones (excluding diaryl/α,β-unsaturated/α-hetero) is 1. The van der Waals surface area contributed by atoms with Crippen molar-refractivity contribution in [3.8, 4) is 0 Å². The summed E-state index contributed by atoms with van der Waals surface area (Å²) in [7, 11) is 0. The zero-order valence-corrected chi connectivity index (χ0v) is 19.4. The molecule has 4 saturated carbocycles. The van der Waals surface area contributed by atoms with E-state index >= 15 is 0 Å². The third-order valence-corrected chi connectivity index (χ3v) is 10.3. The number of hydrogen-bond acceptors (Lipinski definition) is 2. The molecule has 30 heavy (non-hydrogen) atoms. The number of carbonyl (C=O) groups is 1. The minimum Gasteiger partial charge on any atom is -0.390 e. The van der Waals surface area contributed by atoms with Crippen molar-refractivity contribution in [2.75, 3.05) is 0 Å². The molecular weight excluding hydrogens is 368 g/mol. The van der Waals surface area contributed by atoms with E-state index in [1.54, 1.807) is 0 Å². The molecule has 0 unspecified atom stereocenters. The van der Waals surface area contributed by atoms with Gasteiger partial charge in [0.15, 0.2) is 5.78 Å². The summed E-state index contributed by atoms with van der Waals surface area (Å²) in [6.45, 7) is 8.75. The van der Waals surface area contributed by atoms with Crippen LogP contribution in [0.4, 0.5) is 0 Å². The Bertz CT molecular complexity index is 839. The van der Waals surface area contributed by atoms with Crippen LogP contribution in [0.3, 0.4) is 0 Å². The minimum atomic E-state index is -0.436. The van der Waals surface area contributed by atoms with Gasteiger partial charge >= 0.3 is 0 Å². The van der Waals surface area contributed by atoms with Gasteiger partial charge < -0.3 is 5.11 Å². The normalized spacial score (nSPS) is 45.4. The molecule has 1 aromatic carbocycles. The van der Waals surface area contributed by atoms with Gasteiger partial charge in [-0.3, -0.25) is 4.79 Å². The lowest BCUT2D eigenvalue weighted by molar-refractivity contribution is -0.0976.